The van der Waals surface area contributed by atoms with Gasteiger partial charge in [-0.1, -0.05) is 38.1 Å². The van der Waals surface area contributed by atoms with E-state index in [9.17, 15) is 9.59 Å². The third kappa shape index (κ3) is 3.88. The van der Waals surface area contributed by atoms with Gasteiger partial charge in [0.05, 0.1) is 0 Å². The topological polar surface area (TPSA) is 71.5 Å². The van der Waals surface area contributed by atoms with Gasteiger partial charge >= 0.3 is 6.03 Å². The molecule has 2 atom stereocenters. The fourth-order valence-electron chi connectivity index (χ4n) is 4.50. The maximum Gasteiger partial charge on any atom is 0.325 e. The molecule has 3 aliphatic heterocycles. The number of hydrogen-bond acceptors (Lipinski definition) is 6. The van der Waals surface area contributed by atoms with E-state index in [1.54, 1.807) is 11.9 Å². The molecule has 1 N–H and O–H groups in total. The third-order valence-electron chi connectivity index (χ3n) is 6.21. The standard InChI is InChI=1S/C22H32N6O2/c1-15(2)13-28-18-19(25(4)22(30)24-20(18)29)23-21(28)27-11-9-26(10-12-27)14-17-8-6-5-7-16(17)3/h5-8,15,18-19H,9-14H2,1-4H3,(H,24,29,30). The zero-order chi connectivity index (χ0) is 21.4. The predicted molar refractivity (Wildman–Crippen MR) is 116 cm³/mol. The Hall–Kier alpha value is -2.61. The number of rotatable bonds is 4. The Morgan fingerprint density at radius 1 is 1.13 bits per heavy atom. The van der Waals surface area contributed by atoms with Crippen molar-refractivity contribution in [2.75, 3.05) is 39.8 Å². The molecule has 3 heterocycles. The summed E-state index contributed by atoms with van der Waals surface area (Å²) < 4.78 is 0. The Kier molecular flexibility index (Phi) is 5.69. The largest absolute Gasteiger partial charge is 0.340 e. The molecule has 3 amide bonds. The average Bonchev–Trinajstić information content (AvgIpc) is 3.08. The van der Waals surface area contributed by atoms with Gasteiger partial charge in [0.25, 0.3) is 5.91 Å². The van der Waals surface area contributed by atoms with Crippen LogP contribution in [0.3, 0.4) is 0 Å². The minimum Gasteiger partial charge on any atom is -0.340 e. The summed E-state index contributed by atoms with van der Waals surface area (Å²) in [6.07, 6.45) is -0.454. The number of carbonyl (C=O) groups is 2. The highest BCUT2D eigenvalue weighted by atomic mass is 16.2. The van der Waals surface area contributed by atoms with Crippen molar-refractivity contribution in [3.8, 4) is 0 Å². The number of likely N-dealkylation sites (N-methyl/N-ethyl adjacent to an activating group) is 1. The van der Waals surface area contributed by atoms with Gasteiger partial charge in [0.15, 0.2) is 18.2 Å². The van der Waals surface area contributed by atoms with Crippen molar-refractivity contribution in [2.45, 2.75) is 39.5 Å². The number of piperazine rings is 1. The number of aliphatic imine (C=N–C) groups is 1. The van der Waals surface area contributed by atoms with Gasteiger partial charge in [0.1, 0.15) is 0 Å². The summed E-state index contributed by atoms with van der Waals surface area (Å²) in [6.45, 7) is 11.7. The van der Waals surface area contributed by atoms with Crippen molar-refractivity contribution in [2.24, 2.45) is 10.9 Å². The lowest BCUT2D eigenvalue weighted by molar-refractivity contribution is -0.127. The summed E-state index contributed by atoms with van der Waals surface area (Å²) >= 11 is 0. The number of hydrogen-bond donors (Lipinski definition) is 1. The number of amides is 3. The van der Waals surface area contributed by atoms with Crippen LogP contribution in [0.1, 0.15) is 25.0 Å². The number of benzene rings is 1. The number of imide groups is 1. The Bertz CT molecular complexity index is 846. The Labute approximate surface area is 178 Å². The molecule has 162 valence electrons. The van der Waals surface area contributed by atoms with Gasteiger partial charge in [-0.3, -0.25) is 15.0 Å². The molecular formula is C22H32N6O2. The molecule has 0 bridgehead atoms. The number of urea groups is 1. The molecule has 30 heavy (non-hydrogen) atoms. The molecule has 3 aliphatic rings. The molecule has 0 saturated carbocycles. The van der Waals surface area contributed by atoms with E-state index in [0.717, 1.165) is 45.2 Å². The van der Waals surface area contributed by atoms with Gasteiger partial charge < -0.3 is 14.7 Å². The van der Waals surface area contributed by atoms with Crippen molar-refractivity contribution in [1.82, 2.24) is 24.9 Å². The van der Waals surface area contributed by atoms with Crippen LogP contribution in [0.2, 0.25) is 0 Å². The zero-order valence-electron chi connectivity index (χ0n) is 18.3. The molecule has 0 aliphatic carbocycles. The Morgan fingerprint density at radius 3 is 2.50 bits per heavy atom. The van der Waals surface area contributed by atoms with Crippen molar-refractivity contribution in [3.63, 3.8) is 0 Å². The summed E-state index contributed by atoms with van der Waals surface area (Å²) in [5.74, 6) is 0.985. The Morgan fingerprint density at radius 2 is 1.83 bits per heavy atom. The van der Waals surface area contributed by atoms with Crippen molar-refractivity contribution in [3.05, 3.63) is 35.4 Å². The first-order valence-electron chi connectivity index (χ1n) is 10.8. The van der Waals surface area contributed by atoms with Crippen LogP contribution >= 0.6 is 0 Å². The van der Waals surface area contributed by atoms with Gasteiger partial charge in [0, 0.05) is 46.3 Å². The molecular weight excluding hydrogens is 380 g/mol. The van der Waals surface area contributed by atoms with E-state index in [2.05, 4.69) is 65.1 Å². The van der Waals surface area contributed by atoms with Crippen LogP contribution in [0.15, 0.2) is 29.3 Å². The zero-order valence-corrected chi connectivity index (χ0v) is 18.3. The van der Waals surface area contributed by atoms with Gasteiger partial charge in [-0.15, -0.1) is 0 Å². The predicted octanol–water partition coefficient (Wildman–Crippen LogP) is 1.32. The quantitative estimate of drug-likeness (QED) is 0.808. The fraction of sp³-hybridized carbons (Fsp3) is 0.591. The summed E-state index contributed by atoms with van der Waals surface area (Å²) in [5, 5.41) is 2.47. The third-order valence-corrected chi connectivity index (χ3v) is 6.21. The normalized spacial score (nSPS) is 25.0. The average molecular weight is 413 g/mol. The van der Waals surface area contributed by atoms with E-state index >= 15 is 0 Å². The lowest BCUT2D eigenvalue weighted by Crippen LogP contribution is -2.65. The fourth-order valence-corrected chi connectivity index (χ4v) is 4.50. The maximum atomic E-state index is 12.6. The van der Waals surface area contributed by atoms with E-state index < -0.39 is 12.2 Å². The van der Waals surface area contributed by atoms with E-state index in [1.165, 1.54) is 11.1 Å². The molecule has 2 saturated heterocycles. The van der Waals surface area contributed by atoms with E-state index in [-0.39, 0.29) is 11.9 Å². The van der Waals surface area contributed by atoms with E-state index in [0.29, 0.717) is 5.92 Å². The first-order valence-corrected chi connectivity index (χ1v) is 10.8. The van der Waals surface area contributed by atoms with Gasteiger partial charge in [-0.25, -0.2) is 9.79 Å². The molecule has 0 aromatic heterocycles. The summed E-state index contributed by atoms with van der Waals surface area (Å²) in [7, 11) is 1.71. The van der Waals surface area contributed by atoms with Crippen molar-refractivity contribution in [1.29, 1.82) is 0 Å². The number of nitrogens with zero attached hydrogens (tertiary/aromatic N) is 5. The second-order valence-electron chi connectivity index (χ2n) is 8.93. The van der Waals surface area contributed by atoms with E-state index in [1.807, 2.05) is 0 Å². The Balaban J connectivity index is 1.48. The molecule has 2 unspecified atom stereocenters. The minimum absolute atomic E-state index is 0.249. The van der Waals surface area contributed by atoms with Crippen molar-refractivity contribution < 1.29 is 9.59 Å². The number of aryl methyl sites for hydroxylation is 1. The van der Waals surface area contributed by atoms with Crippen molar-refractivity contribution >= 4 is 17.9 Å². The van der Waals surface area contributed by atoms with Crippen LogP contribution in [0.25, 0.3) is 0 Å². The molecule has 0 spiro atoms. The highest BCUT2D eigenvalue weighted by Crippen LogP contribution is 2.27. The molecule has 4 rings (SSSR count). The number of guanidine groups is 1. The molecule has 1 aromatic carbocycles. The lowest BCUT2D eigenvalue weighted by Gasteiger charge is -2.41. The van der Waals surface area contributed by atoms with Crippen LogP contribution in [-0.2, 0) is 11.3 Å². The number of fused-ring (bicyclic) bond motifs is 1. The molecule has 8 heteroatoms. The number of carbonyl (C=O) groups excluding carboxylic acids is 2. The van der Waals surface area contributed by atoms with Crippen LogP contribution < -0.4 is 5.32 Å². The van der Waals surface area contributed by atoms with E-state index in [4.69, 9.17) is 4.99 Å². The van der Waals surface area contributed by atoms with Crippen LogP contribution in [0.5, 0.6) is 0 Å². The molecule has 8 nitrogen and oxygen atoms in total. The molecule has 2 fully saturated rings. The van der Waals surface area contributed by atoms with Crippen LogP contribution in [0, 0.1) is 12.8 Å². The monoisotopic (exact) mass is 412 g/mol. The first kappa shape index (κ1) is 20.7. The van der Waals surface area contributed by atoms with Gasteiger partial charge in [-0.05, 0) is 24.0 Å². The highest BCUT2D eigenvalue weighted by Gasteiger charge is 2.49. The number of nitrogens with one attached hydrogen (secondary N) is 1. The van der Waals surface area contributed by atoms with Gasteiger partial charge in [0.2, 0.25) is 0 Å². The lowest BCUT2D eigenvalue weighted by atomic mass is 10.1. The van der Waals surface area contributed by atoms with Gasteiger partial charge in [-0.2, -0.15) is 0 Å². The molecule has 0 radical (unpaired) electrons. The first-order chi connectivity index (χ1) is 14.3. The summed E-state index contributed by atoms with van der Waals surface area (Å²) in [4.78, 5) is 38.0. The highest BCUT2D eigenvalue weighted by molar-refractivity contribution is 6.03. The molecule has 1 aromatic rings. The SMILES string of the molecule is Cc1ccccc1CN1CCN(C2=NC3C(C(=O)NC(=O)N3C)N2CC(C)C)CC1. The second-order valence-corrected chi connectivity index (χ2v) is 8.93. The smallest absolute Gasteiger partial charge is 0.325 e. The van der Waals surface area contributed by atoms with Crippen LogP contribution in [-0.4, -0.2) is 89.5 Å². The van der Waals surface area contributed by atoms with Crippen LogP contribution in [0.4, 0.5) is 4.79 Å². The maximum absolute atomic E-state index is 12.6. The summed E-state index contributed by atoms with van der Waals surface area (Å²) in [5.41, 5.74) is 2.69. The second kappa shape index (κ2) is 8.26. The summed E-state index contributed by atoms with van der Waals surface area (Å²) in [6, 6.07) is 7.71. The minimum atomic E-state index is -0.454.